The molecule has 3 nitrogen and oxygen atoms in total. The quantitative estimate of drug-likeness (QED) is 0.835. The Morgan fingerprint density at radius 3 is 2.32 bits per heavy atom. The highest BCUT2D eigenvalue weighted by atomic mass is 32.2. The summed E-state index contributed by atoms with van der Waals surface area (Å²) in [6, 6.07) is 3.20. The van der Waals surface area contributed by atoms with Gasteiger partial charge in [0, 0.05) is 17.9 Å². The first kappa shape index (κ1) is 16.0. The van der Waals surface area contributed by atoms with Crippen LogP contribution in [0.4, 0.5) is 8.78 Å². The van der Waals surface area contributed by atoms with Crippen molar-refractivity contribution in [3.8, 4) is 0 Å². The molecule has 1 rings (SSSR count). The summed E-state index contributed by atoms with van der Waals surface area (Å²) in [5.41, 5.74) is 0.551. The van der Waals surface area contributed by atoms with E-state index in [4.69, 9.17) is 0 Å². The average molecular weight is 291 g/mol. The van der Waals surface area contributed by atoms with Gasteiger partial charge in [0.2, 0.25) is 0 Å². The van der Waals surface area contributed by atoms with Crippen molar-refractivity contribution in [2.75, 3.05) is 18.1 Å². The number of sulfone groups is 1. The van der Waals surface area contributed by atoms with Gasteiger partial charge in [-0.15, -0.1) is 0 Å². The molecule has 6 heteroatoms. The molecule has 0 aliphatic carbocycles. The van der Waals surface area contributed by atoms with Gasteiger partial charge in [-0.25, -0.2) is 17.2 Å². The van der Waals surface area contributed by atoms with Crippen LogP contribution < -0.4 is 5.32 Å². The van der Waals surface area contributed by atoms with Crippen molar-refractivity contribution < 1.29 is 17.2 Å². The first-order valence-electron chi connectivity index (χ1n) is 6.21. The molecule has 0 aromatic heterocycles. The van der Waals surface area contributed by atoms with Crippen molar-refractivity contribution in [1.29, 1.82) is 0 Å². The number of hydrogen-bond donors (Lipinski definition) is 1. The molecule has 0 bridgehead atoms. The van der Waals surface area contributed by atoms with Gasteiger partial charge in [0.05, 0.1) is 5.75 Å². The van der Waals surface area contributed by atoms with Crippen LogP contribution in [0.2, 0.25) is 0 Å². The third-order valence-corrected chi connectivity index (χ3v) is 4.66. The summed E-state index contributed by atoms with van der Waals surface area (Å²) < 4.78 is 48.7. The molecule has 1 unspecified atom stereocenters. The predicted octanol–water partition coefficient (Wildman–Crippen LogP) is 1.92. The summed E-state index contributed by atoms with van der Waals surface area (Å²) in [5, 5.41) is 3.04. The largest absolute Gasteiger partial charge is 0.313 e. The molecule has 1 atom stereocenters. The summed E-state index contributed by atoms with van der Waals surface area (Å²) in [5.74, 6) is -1.01. The minimum absolute atomic E-state index is 0.0704. The monoisotopic (exact) mass is 291 g/mol. The number of hydrogen-bond acceptors (Lipinski definition) is 3. The second kappa shape index (κ2) is 6.96. The van der Waals surface area contributed by atoms with Crippen LogP contribution in [-0.4, -0.2) is 32.5 Å². The maximum Gasteiger partial charge on any atom is 0.151 e. The number of rotatable bonds is 7. The molecule has 0 fully saturated rings. The van der Waals surface area contributed by atoms with Crippen LogP contribution in [0.15, 0.2) is 18.2 Å². The Morgan fingerprint density at radius 2 is 1.79 bits per heavy atom. The fourth-order valence-corrected chi connectivity index (χ4v) is 2.89. The van der Waals surface area contributed by atoms with E-state index in [1.165, 1.54) is 12.1 Å². The van der Waals surface area contributed by atoms with E-state index in [0.717, 1.165) is 6.07 Å². The summed E-state index contributed by atoms with van der Waals surface area (Å²) in [6.07, 6.45) is 0.450. The molecular weight excluding hydrogens is 272 g/mol. The van der Waals surface area contributed by atoms with Gasteiger partial charge in [-0.3, -0.25) is 0 Å². The van der Waals surface area contributed by atoms with Crippen LogP contribution in [0, 0.1) is 11.6 Å². The molecule has 19 heavy (non-hydrogen) atoms. The lowest BCUT2D eigenvalue weighted by Crippen LogP contribution is -2.34. The van der Waals surface area contributed by atoms with Crippen LogP contribution in [0.5, 0.6) is 0 Å². The molecule has 108 valence electrons. The van der Waals surface area contributed by atoms with E-state index in [0.29, 0.717) is 18.5 Å². The lowest BCUT2D eigenvalue weighted by molar-refractivity contribution is 0.555. The van der Waals surface area contributed by atoms with Gasteiger partial charge in [-0.05, 0) is 37.6 Å². The van der Waals surface area contributed by atoms with Crippen LogP contribution in [0.1, 0.15) is 19.4 Å². The average Bonchev–Trinajstić information content (AvgIpc) is 2.27. The lowest BCUT2D eigenvalue weighted by Gasteiger charge is -2.13. The standard InChI is InChI=1S/C13H19F2NO2S/c1-3-19(17,18)9-10(2)16-5-4-11-6-12(14)8-13(15)7-11/h6-8,10,16H,3-5,9H2,1-2H3. The Bertz CT molecular complexity index is 497. The van der Waals surface area contributed by atoms with Crippen molar-refractivity contribution in [3.05, 3.63) is 35.4 Å². The molecular formula is C13H19F2NO2S. The highest BCUT2D eigenvalue weighted by Gasteiger charge is 2.12. The first-order valence-corrected chi connectivity index (χ1v) is 8.03. The van der Waals surface area contributed by atoms with Crippen molar-refractivity contribution in [2.24, 2.45) is 0 Å². The van der Waals surface area contributed by atoms with Crippen LogP contribution in [-0.2, 0) is 16.3 Å². The zero-order valence-electron chi connectivity index (χ0n) is 11.1. The summed E-state index contributed by atoms with van der Waals surface area (Å²) in [7, 11) is -3.01. The normalized spacial score (nSPS) is 13.5. The molecule has 1 aromatic rings. The van der Waals surface area contributed by atoms with Crippen LogP contribution in [0.3, 0.4) is 0 Å². The Balaban J connectivity index is 2.42. The highest BCUT2D eigenvalue weighted by Crippen LogP contribution is 2.08. The van der Waals surface area contributed by atoms with E-state index in [-0.39, 0.29) is 17.5 Å². The Labute approximate surface area is 112 Å². The van der Waals surface area contributed by atoms with E-state index in [1.54, 1.807) is 13.8 Å². The van der Waals surface area contributed by atoms with Crippen LogP contribution >= 0.6 is 0 Å². The predicted molar refractivity (Wildman–Crippen MR) is 71.9 cm³/mol. The number of nitrogens with one attached hydrogen (secondary N) is 1. The Hall–Kier alpha value is -1.01. The van der Waals surface area contributed by atoms with Gasteiger partial charge in [0.1, 0.15) is 11.6 Å². The minimum atomic E-state index is -3.01. The van der Waals surface area contributed by atoms with Crippen LogP contribution in [0.25, 0.3) is 0 Å². The van der Waals surface area contributed by atoms with Gasteiger partial charge in [0.15, 0.2) is 9.84 Å². The molecule has 0 aliphatic heterocycles. The second-order valence-electron chi connectivity index (χ2n) is 4.58. The summed E-state index contributed by atoms with van der Waals surface area (Å²) in [4.78, 5) is 0. The third-order valence-electron chi connectivity index (χ3n) is 2.77. The van der Waals surface area contributed by atoms with Crippen molar-refractivity contribution >= 4 is 9.84 Å². The zero-order chi connectivity index (χ0) is 14.5. The molecule has 0 radical (unpaired) electrons. The summed E-state index contributed by atoms with van der Waals surface area (Å²) in [6.45, 7) is 3.86. The fourth-order valence-electron chi connectivity index (χ4n) is 1.78. The molecule has 1 N–H and O–H groups in total. The summed E-state index contributed by atoms with van der Waals surface area (Å²) >= 11 is 0. The van der Waals surface area contributed by atoms with Gasteiger partial charge in [0.25, 0.3) is 0 Å². The van der Waals surface area contributed by atoms with E-state index in [1.807, 2.05) is 0 Å². The van der Waals surface area contributed by atoms with E-state index >= 15 is 0 Å². The SMILES string of the molecule is CCS(=O)(=O)CC(C)NCCc1cc(F)cc(F)c1. The molecule has 1 aromatic carbocycles. The van der Waals surface area contributed by atoms with Crippen molar-refractivity contribution in [2.45, 2.75) is 26.3 Å². The van der Waals surface area contributed by atoms with E-state index in [2.05, 4.69) is 5.32 Å². The topological polar surface area (TPSA) is 46.2 Å². The Morgan fingerprint density at radius 1 is 1.21 bits per heavy atom. The second-order valence-corrected chi connectivity index (χ2v) is 6.98. The van der Waals surface area contributed by atoms with E-state index in [9.17, 15) is 17.2 Å². The maximum atomic E-state index is 12.9. The molecule has 0 aliphatic rings. The van der Waals surface area contributed by atoms with Crippen molar-refractivity contribution in [3.63, 3.8) is 0 Å². The lowest BCUT2D eigenvalue weighted by atomic mass is 10.1. The maximum absolute atomic E-state index is 12.9. The Kier molecular flexibility index (Phi) is 5.87. The van der Waals surface area contributed by atoms with Crippen molar-refractivity contribution in [1.82, 2.24) is 5.32 Å². The molecule has 0 amide bonds. The number of halogens is 2. The smallest absolute Gasteiger partial charge is 0.151 e. The van der Waals surface area contributed by atoms with E-state index < -0.39 is 21.5 Å². The third kappa shape index (κ3) is 6.11. The minimum Gasteiger partial charge on any atom is -0.313 e. The highest BCUT2D eigenvalue weighted by molar-refractivity contribution is 7.91. The zero-order valence-corrected chi connectivity index (χ0v) is 11.9. The van der Waals surface area contributed by atoms with Gasteiger partial charge in [-0.2, -0.15) is 0 Å². The molecule has 0 saturated heterocycles. The molecule has 0 saturated carbocycles. The first-order chi connectivity index (χ1) is 8.82. The van der Waals surface area contributed by atoms with Gasteiger partial charge in [-0.1, -0.05) is 6.92 Å². The number of benzene rings is 1. The molecule has 0 spiro atoms. The van der Waals surface area contributed by atoms with Gasteiger partial charge < -0.3 is 5.32 Å². The van der Waals surface area contributed by atoms with Gasteiger partial charge >= 0.3 is 0 Å². The molecule has 0 heterocycles. The fraction of sp³-hybridized carbons (Fsp3) is 0.538.